The van der Waals surface area contributed by atoms with Crippen molar-refractivity contribution in [3.05, 3.63) is 63.9 Å². The first kappa shape index (κ1) is 19.3. The number of nitrogens with zero attached hydrogens (tertiary/aromatic N) is 2. The Morgan fingerprint density at radius 2 is 1.73 bits per heavy atom. The lowest BCUT2D eigenvalue weighted by molar-refractivity contribution is 0.181. The summed E-state index contributed by atoms with van der Waals surface area (Å²) < 4.78 is 40.7. The monoisotopic (exact) mass is 396 g/mol. The zero-order chi connectivity index (χ0) is 18.9. The summed E-state index contributed by atoms with van der Waals surface area (Å²) >= 11 is 5.83. The van der Waals surface area contributed by atoms with E-state index >= 15 is 0 Å². The van der Waals surface area contributed by atoms with E-state index in [9.17, 15) is 12.8 Å². The van der Waals surface area contributed by atoms with Gasteiger partial charge in [0, 0.05) is 32.7 Å². The molecule has 2 aromatic rings. The summed E-state index contributed by atoms with van der Waals surface area (Å²) in [7, 11) is -3.49. The molecule has 3 rings (SSSR count). The standard InChI is InChI=1S/C19H22ClFN2O2S/c1-14-3-4-15(2)19(11-14)26(24,25)23-9-7-22(8-10-23)13-16-5-6-18(21)17(20)12-16/h3-6,11-12H,7-10,13H2,1-2H3. The molecule has 0 saturated carbocycles. The minimum Gasteiger partial charge on any atom is -0.296 e. The minimum atomic E-state index is -3.49. The Morgan fingerprint density at radius 1 is 1.04 bits per heavy atom. The maximum absolute atomic E-state index is 13.3. The topological polar surface area (TPSA) is 40.6 Å². The van der Waals surface area contributed by atoms with Gasteiger partial charge < -0.3 is 0 Å². The maximum atomic E-state index is 13.3. The molecule has 0 N–H and O–H groups in total. The van der Waals surface area contributed by atoms with Crippen molar-refractivity contribution in [2.45, 2.75) is 25.3 Å². The van der Waals surface area contributed by atoms with Crippen LogP contribution in [0, 0.1) is 19.7 Å². The molecule has 7 heteroatoms. The van der Waals surface area contributed by atoms with E-state index in [2.05, 4.69) is 4.90 Å². The molecular formula is C19H22ClFN2O2S. The van der Waals surface area contributed by atoms with Gasteiger partial charge in [-0.1, -0.05) is 29.8 Å². The van der Waals surface area contributed by atoms with E-state index in [1.807, 2.05) is 26.0 Å². The number of hydrogen-bond donors (Lipinski definition) is 0. The number of rotatable bonds is 4. The molecule has 0 aliphatic carbocycles. The van der Waals surface area contributed by atoms with Crippen molar-refractivity contribution in [1.82, 2.24) is 9.21 Å². The van der Waals surface area contributed by atoms with Crippen LogP contribution >= 0.6 is 11.6 Å². The van der Waals surface area contributed by atoms with Crippen molar-refractivity contribution in [2.75, 3.05) is 26.2 Å². The number of hydrogen-bond acceptors (Lipinski definition) is 3. The number of sulfonamides is 1. The van der Waals surface area contributed by atoms with Gasteiger partial charge in [-0.25, -0.2) is 12.8 Å². The largest absolute Gasteiger partial charge is 0.296 e. The van der Waals surface area contributed by atoms with Crippen LogP contribution in [-0.2, 0) is 16.6 Å². The normalized spacial score (nSPS) is 16.8. The Hall–Kier alpha value is -1.47. The Labute approximate surface area is 159 Å². The lowest BCUT2D eigenvalue weighted by atomic mass is 10.2. The Balaban J connectivity index is 1.67. The molecule has 0 amide bonds. The van der Waals surface area contributed by atoms with Gasteiger partial charge in [0.2, 0.25) is 10.0 Å². The van der Waals surface area contributed by atoms with Gasteiger partial charge in [0.25, 0.3) is 0 Å². The van der Waals surface area contributed by atoms with Gasteiger partial charge >= 0.3 is 0 Å². The van der Waals surface area contributed by atoms with Crippen LogP contribution in [0.15, 0.2) is 41.3 Å². The first-order valence-electron chi connectivity index (χ1n) is 8.51. The number of piperazine rings is 1. The molecule has 0 spiro atoms. The molecule has 0 aromatic heterocycles. The SMILES string of the molecule is Cc1ccc(C)c(S(=O)(=O)N2CCN(Cc3ccc(F)c(Cl)c3)CC2)c1. The molecule has 140 valence electrons. The predicted octanol–water partition coefficient (Wildman–Crippen LogP) is 3.60. The van der Waals surface area contributed by atoms with Gasteiger partial charge in [-0.15, -0.1) is 0 Å². The molecule has 1 fully saturated rings. The number of aryl methyl sites for hydroxylation is 2. The summed E-state index contributed by atoms with van der Waals surface area (Å²) in [5.74, 6) is -0.431. The van der Waals surface area contributed by atoms with E-state index in [-0.39, 0.29) is 5.02 Å². The average molecular weight is 397 g/mol. The van der Waals surface area contributed by atoms with Crippen LogP contribution in [0.5, 0.6) is 0 Å². The number of benzene rings is 2. The van der Waals surface area contributed by atoms with E-state index in [1.54, 1.807) is 22.5 Å². The lowest BCUT2D eigenvalue weighted by Gasteiger charge is -2.34. The van der Waals surface area contributed by atoms with Crippen LogP contribution < -0.4 is 0 Å². The van der Waals surface area contributed by atoms with Gasteiger partial charge in [0.05, 0.1) is 9.92 Å². The minimum absolute atomic E-state index is 0.110. The molecule has 0 unspecified atom stereocenters. The zero-order valence-electron chi connectivity index (χ0n) is 14.9. The highest BCUT2D eigenvalue weighted by Gasteiger charge is 2.29. The summed E-state index contributed by atoms with van der Waals surface area (Å²) in [6.07, 6.45) is 0. The Bertz CT molecular complexity index is 910. The number of halogens is 2. The van der Waals surface area contributed by atoms with Crippen molar-refractivity contribution in [3.8, 4) is 0 Å². The molecule has 0 radical (unpaired) electrons. The fourth-order valence-electron chi connectivity index (χ4n) is 3.15. The van der Waals surface area contributed by atoms with E-state index in [4.69, 9.17) is 11.6 Å². The van der Waals surface area contributed by atoms with Crippen LogP contribution in [-0.4, -0.2) is 43.8 Å². The lowest BCUT2D eigenvalue weighted by Crippen LogP contribution is -2.48. The second kappa shape index (κ2) is 7.64. The van der Waals surface area contributed by atoms with E-state index in [1.165, 1.54) is 6.07 Å². The molecule has 1 saturated heterocycles. The van der Waals surface area contributed by atoms with Crippen LogP contribution in [0.2, 0.25) is 5.02 Å². The van der Waals surface area contributed by atoms with Gasteiger partial charge in [-0.3, -0.25) is 4.90 Å². The second-order valence-electron chi connectivity index (χ2n) is 6.70. The molecule has 0 atom stereocenters. The van der Waals surface area contributed by atoms with Gasteiger partial charge in [0.15, 0.2) is 0 Å². The molecule has 0 bridgehead atoms. The predicted molar refractivity (Wildman–Crippen MR) is 101 cm³/mol. The molecule has 26 heavy (non-hydrogen) atoms. The van der Waals surface area contributed by atoms with Gasteiger partial charge in [-0.05, 0) is 48.7 Å². The summed E-state index contributed by atoms with van der Waals surface area (Å²) in [5.41, 5.74) is 2.61. The van der Waals surface area contributed by atoms with Crippen LogP contribution in [0.1, 0.15) is 16.7 Å². The van der Waals surface area contributed by atoms with Crippen molar-refractivity contribution >= 4 is 21.6 Å². The Kier molecular flexibility index (Phi) is 5.67. The van der Waals surface area contributed by atoms with Gasteiger partial charge in [0.1, 0.15) is 5.82 Å². The fraction of sp³-hybridized carbons (Fsp3) is 0.368. The fourth-order valence-corrected chi connectivity index (χ4v) is 5.08. The molecular weight excluding hydrogens is 375 g/mol. The van der Waals surface area contributed by atoms with Gasteiger partial charge in [-0.2, -0.15) is 4.31 Å². The van der Waals surface area contributed by atoms with Crippen LogP contribution in [0.3, 0.4) is 0 Å². The average Bonchev–Trinajstić information content (AvgIpc) is 2.61. The van der Waals surface area contributed by atoms with Crippen molar-refractivity contribution < 1.29 is 12.8 Å². The maximum Gasteiger partial charge on any atom is 0.243 e. The van der Waals surface area contributed by atoms with E-state index in [0.717, 1.165) is 16.7 Å². The first-order valence-corrected chi connectivity index (χ1v) is 10.3. The molecule has 1 aliphatic heterocycles. The van der Waals surface area contributed by atoms with Crippen LogP contribution in [0.25, 0.3) is 0 Å². The first-order chi connectivity index (χ1) is 12.3. The van der Waals surface area contributed by atoms with E-state index in [0.29, 0.717) is 37.6 Å². The second-order valence-corrected chi connectivity index (χ2v) is 9.01. The zero-order valence-corrected chi connectivity index (χ0v) is 16.4. The highest BCUT2D eigenvalue weighted by atomic mass is 35.5. The van der Waals surface area contributed by atoms with E-state index < -0.39 is 15.8 Å². The summed E-state index contributed by atoms with van der Waals surface area (Å²) in [6.45, 7) is 6.45. The molecule has 1 aliphatic rings. The third-order valence-electron chi connectivity index (χ3n) is 4.68. The summed E-state index contributed by atoms with van der Waals surface area (Å²) in [4.78, 5) is 2.54. The molecule has 2 aromatic carbocycles. The smallest absolute Gasteiger partial charge is 0.243 e. The van der Waals surface area contributed by atoms with Crippen molar-refractivity contribution in [1.29, 1.82) is 0 Å². The molecule has 4 nitrogen and oxygen atoms in total. The third-order valence-corrected chi connectivity index (χ3v) is 7.01. The summed E-state index contributed by atoms with van der Waals surface area (Å²) in [5, 5.41) is 0.110. The third kappa shape index (κ3) is 4.09. The van der Waals surface area contributed by atoms with Crippen molar-refractivity contribution in [2.24, 2.45) is 0 Å². The Morgan fingerprint density at radius 3 is 2.38 bits per heavy atom. The molecule has 1 heterocycles. The highest BCUT2D eigenvalue weighted by molar-refractivity contribution is 7.89. The van der Waals surface area contributed by atoms with Crippen LogP contribution in [0.4, 0.5) is 4.39 Å². The van der Waals surface area contributed by atoms with Crippen molar-refractivity contribution in [3.63, 3.8) is 0 Å². The quantitative estimate of drug-likeness (QED) is 0.792. The highest BCUT2D eigenvalue weighted by Crippen LogP contribution is 2.23. The summed E-state index contributed by atoms with van der Waals surface area (Å²) in [6, 6.07) is 10.2.